The van der Waals surface area contributed by atoms with Crippen LogP contribution in [-0.4, -0.2) is 14.7 Å². The second kappa shape index (κ2) is 5.60. The number of rotatable bonds is 3. The van der Waals surface area contributed by atoms with Crippen LogP contribution in [-0.2, 0) is 12.5 Å². The van der Waals surface area contributed by atoms with Crippen LogP contribution in [0.15, 0.2) is 52.0 Å². The minimum Gasteiger partial charge on any atom is -0.356 e. The number of hydrogen-bond donors (Lipinski definition) is 0. The van der Waals surface area contributed by atoms with Gasteiger partial charge in [-0.05, 0) is 30.5 Å². The van der Waals surface area contributed by atoms with E-state index in [2.05, 4.69) is 10.1 Å². The highest BCUT2D eigenvalue weighted by molar-refractivity contribution is 6.30. The van der Waals surface area contributed by atoms with E-state index in [-0.39, 0.29) is 16.7 Å². The molecule has 5 nitrogen and oxygen atoms in total. The molecule has 0 radical (unpaired) electrons. The molecule has 3 aromatic rings. The molecule has 1 aliphatic carbocycles. The van der Waals surface area contributed by atoms with E-state index in [1.807, 2.05) is 31.3 Å². The molecule has 0 N–H and O–H groups in total. The highest BCUT2D eigenvalue weighted by Gasteiger charge is 2.44. The van der Waals surface area contributed by atoms with Gasteiger partial charge >= 0.3 is 0 Å². The summed E-state index contributed by atoms with van der Waals surface area (Å²) < 4.78 is 7.20. The SMILES string of the molecule is Cn1ccc(=O)c(-c2nc(C3(c4cccc(Cl)c4)CCC3)no2)c1. The summed E-state index contributed by atoms with van der Waals surface area (Å²) in [6, 6.07) is 9.29. The van der Waals surface area contributed by atoms with Crippen LogP contribution in [0.25, 0.3) is 11.5 Å². The van der Waals surface area contributed by atoms with Crippen LogP contribution in [0.2, 0.25) is 5.02 Å². The Bertz CT molecular complexity index is 957. The molecular formula is C18H16ClN3O2. The molecule has 0 atom stereocenters. The average Bonchev–Trinajstić information content (AvgIpc) is 2.99. The first-order chi connectivity index (χ1) is 11.6. The first-order valence-corrected chi connectivity index (χ1v) is 8.23. The summed E-state index contributed by atoms with van der Waals surface area (Å²) in [4.78, 5) is 16.6. The van der Waals surface area contributed by atoms with Crippen molar-refractivity contribution in [1.29, 1.82) is 0 Å². The minimum atomic E-state index is -0.271. The van der Waals surface area contributed by atoms with Crippen LogP contribution in [0.1, 0.15) is 30.7 Å². The molecule has 1 saturated carbocycles. The van der Waals surface area contributed by atoms with E-state index in [0.29, 0.717) is 16.4 Å². The first kappa shape index (κ1) is 15.1. The maximum absolute atomic E-state index is 12.1. The van der Waals surface area contributed by atoms with E-state index in [1.54, 1.807) is 17.0 Å². The van der Waals surface area contributed by atoms with Crippen molar-refractivity contribution in [1.82, 2.24) is 14.7 Å². The molecule has 1 aliphatic rings. The van der Waals surface area contributed by atoms with Gasteiger partial charge in [-0.2, -0.15) is 4.98 Å². The number of aryl methyl sites for hydroxylation is 1. The quantitative estimate of drug-likeness (QED) is 0.730. The Kier molecular flexibility index (Phi) is 3.53. The maximum atomic E-state index is 12.1. The number of aromatic nitrogens is 3. The number of hydrogen-bond acceptors (Lipinski definition) is 4. The summed E-state index contributed by atoms with van der Waals surface area (Å²) in [6.07, 6.45) is 6.39. The summed E-state index contributed by atoms with van der Waals surface area (Å²) in [6.45, 7) is 0. The lowest BCUT2D eigenvalue weighted by Crippen LogP contribution is -2.36. The fraction of sp³-hybridized carbons (Fsp3) is 0.278. The Labute approximate surface area is 143 Å². The van der Waals surface area contributed by atoms with E-state index < -0.39 is 0 Å². The van der Waals surface area contributed by atoms with E-state index in [4.69, 9.17) is 16.1 Å². The molecule has 0 bridgehead atoms. The van der Waals surface area contributed by atoms with Crippen molar-refractivity contribution >= 4 is 11.6 Å². The first-order valence-electron chi connectivity index (χ1n) is 7.85. The van der Waals surface area contributed by atoms with E-state index in [9.17, 15) is 4.79 Å². The summed E-state index contributed by atoms with van der Waals surface area (Å²) >= 11 is 6.15. The molecule has 0 saturated heterocycles. The van der Waals surface area contributed by atoms with Gasteiger partial charge in [0.25, 0.3) is 5.89 Å². The van der Waals surface area contributed by atoms with Gasteiger partial charge in [-0.25, -0.2) is 0 Å². The third-order valence-electron chi connectivity index (χ3n) is 4.73. The van der Waals surface area contributed by atoms with Gasteiger partial charge in [-0.3, -0.25) is 4.79 Å². The summed E-state index contributed by atoms with van der Waals surface area (Å²) in [5.74, 6) is 0.886. The van der Waals surface area contributed by atoms with Crippen LogP contribution in [0, 0.1) is 0 Å². The van der Waals surface area contributed by atoms with Gasteiger partial charge in [-0.15, -0.1) is 0 Å². The summed E-state index contributed by atoms with van der Waals surface area (Å²) in [5.41, 5.74) is 1.11. The van der Waals surface area contributed by atoms with Crippen molar-refractivity contribution in [2.24, 2.45) is 7.05 Å². The monoisotopic (exact) mass is 341 g/mol. The lowest BCUT2D eigenvalue weighted by atomic mass is 9.64. The van der Waals surface area contributed by atoms with Gasteiger partial charge in [0, 0.05) is 30.5 Å². The zero-order valence-corrected chi connectivity index (χ0v) is 14.0. The predicted octanol–water partition coefficient (Wildman–Crippen LogP) is 3.56. The molecule has 0 aliphatic heterocycles. The van der Waals surface area contributed by atoms with Crippen molar-refractivity contribution in [3.63, 3.8) is 0 Å². The molecule has 0 spiro atoms. The zero-order chi connectivity index (χ0) is 16.7. The topological polar surface area (TPSA) is 60.9 Å². The highest BCUT2D eigenvalue weighted by Crippen LogP contribution is 2.48. The Morgan fingerprint density at radius 1 is 1.29 bits per heavy atom. The molecule has 24 heavy (non-hydrogen) atoms. The molecule has 6 heteroatoms. The smallest absolute Gasteiger partial charge is 0.263 e. The van der Waals surface area contributed by atoms with Crippen molar-refractivity contribution < 1.29 is 4.52 Å². The van der Waals surface area contributed by atoms with Gasteiger partial charge < -0.3 is 9.09 Å². The normalized spacial score (nSPS) is 15.9. The van der Waals surface area contributed by atoms with Crippen LogP contribution >= 0.6 is 11.6 Å². The lowest BCUT2D eigenvalue weighted by Gasteiger charge is -2.39. The summed E-state index contributed by atoms with van der Waals surface area (Å²) in [7, 11) is 1.85. The van der Waals surface area contributed by atoms with Gasteiger partial charge in [0.15, 0.2) is 11.3 Å². The Balaban J connectivity index is 1.79. The Hall–Kier alpha value is -2.40. The number of benzene rings is 1. The molecular weight excluding hydrogens is 326 g/mol. The van der Waals surface area contributed by atoms with Crippen molar-refractivity contribution in [3.8, 4) is 11.5 Å². The third kappa shape index (κ3) is 2.36. The maximum Gasteiger partial charge on any atom is 0.263 e. The van der Waals surface area contributed by atoms with Gasteiger partial charge in [0.2, 0.25) is 0 Å². The predicted molar refractivity (Wildman–Crippen MR) is 91.1 cm³/mol. The second-order valence-corrected chi connectivity index (χ2v) is 6.69. The standard InChI is InChI=1S/C18H16ClN3O2/c1-22-9-6-15(23)14(11-22)16-20-17(21-24-16)18(7-3-8-18)12-4-2-5-13(19)10-12/h2,4-6,9-11H,3,7-8H2,1H3. The van der Waals surface area contributed by atoms with Crippen molar-refractivity contribution in [3.05, 3.63) is 69.4 Å². The molecule has 4 rings (SSSR count). The largest absolute Gasteiger partial charge is 0.356 e. The van der Waals surface area contributed by atoms with E-state index in [0.717, 1.165) is 24.8 Å². The fourth-order valence-corrected chi connectivity index (χ4v) is 3.42. The Morgan fingerprint density at radius 2 is 2.12 bits per heavy atom. The van der Waals surface area contributed by atoms with Crippen LogP contribution < -0.4 is 5.43 Å². The zero-order valence-electron chi connectivity index (χ0n) is 13.2. The molecule has 0 unspecified atom stereocenters. The van der Waals surface area contributed by atoms with Gasteiger partial charge in [0.05, 0.1) is 5.41 Å². The molecule has 1 aromatic carbocycles. The second-order valence-electron chi connectivity index (χ2n) is 6.26. The highest BCUT2D eigenvalue weighted by atomic mass is 35.5. The number of nitrogens with zero attached hydrogens (tertiary/aromatic N) is 3. The van der Waals surface area contributed by atoms with Crippen molar-refractivity contribution in [2.75, 3.05) is 0 Å². The molecule has 1 fully saturated rings. The molecule has 2 aromatic heterocycles. The lowest BCUT2D eigenvalue weighted by molar-refractivity contribution is 0.273. The van der Waals surface area contributed by atoms with E-state index in [1.165, 1.54) is 6.07 Å². The molecule has 122 valence electrons. The summed E-state index contributed by atoms with van der Waals surface area (Å²) in [5, 5.41) is 4.88. The third-order valence-corrected chi connectivity index (χ3v) is 4.96. The van der Waals surface area contributed by atoms with E-state index >= 15 is 0 Å². The van der Waals surface area contributed by atoms with Crippen LogP contribution in [0.4, 0.5) is 0 Å². The van der Waals surface area contributed by atoms with Crippen molar-refractivity contribution in [2.45, 2.75) is 24.7 Å². The molecule has 0 amide bonds. The van der Waals surface area contributed by atoms with Gasteiger partial charge in [-0.1, -0.05) is 35.3 Å². The Morgan fingerprint density at radius 3 is 2.83 bits per heavy atom. The average molecular weight is 342 g/mol. The fourth-order valence-electron chi connectivity index (χ4n) is 3.23. The van der Waals surface area contributed by atoms with Crippen LogP contribution in [0.3, 0.4) is 0 Å². The number of pyridine rings is 1. The van der Waals surface area contributed by atoms with Gasteiger partial charge in [0.1, 0.15) is 5.56 Å². The number of halogens is 1. The molecule has 2 heterocycles. The minimum absolute atomic E-state index is 0.131. The van der Waals surface area contributed by atoms with Crippen LogP contribution in [0.5, 0.6) is 0 Å².